The van der Waals surface area contributed by atoms with Crippen LogP contribution in [-0.4, -0.2) is 24.0 Å². The number of nitrogens with zero attached hydrogens (tertiary/aromatic N) is 2. The van der Waals surface area contributed by atoms with Crippen LogP contribution in [0.3, 0.4) is 0 Å². The predicted molar refractivity (Wildman–Crippen MR) is 69.5 cm³/mol. The number of likely N-dealkylation sites (tertiary alicyclic amines) is 1. The third-order valence-corrected chi connectivity index (χ3v) is 3.75. The maximum absolute atomic E-state index is 8.90. The number of hydrogen-bond donors (Lipinski definition) is 0. The van der Waals surface area contributed by atoms with E-state index in [9.17, 15) is 0 Å². The molecule has 2 rings (SSSR count). The van der Waals surface area contributed by atoms with Crippen molar-refractivity contribution in [2.24, 2.45) is 5.92 Å². The number of benzene rings is 1. The molecule has 1 aromatic rings. The molecule has 0 spiro atoms. The van der Waals surface area contributed by atoms with Gasteiger partial charge in [-0.2, -0.15) is 5.26 Å². The molecule has 0 aromatic heterocycles. The van der Waals surface area contributed by atoms with Crippen molar-refractivity contribution >= 4 is 0 Å². The zero-order valence-corrected chi connectivity index (χ0v) is 10.5. The fourth-order valence-corrected chi connectivity index (χ4v) is 2.57. The molecule has 2 heteroatoms. The number of piperidine rings is 1. The lowest BCUT2D eigenvalue weighted by Gasteiger charge is -2.33. The largest absolute Gasteiger partial charge is 0.288 e. The second kappa shape index (κ2) is 5.84. The highest BCUT2D eigenvalue weighted by Crippen LogP contribution is 2.22. The molecule has 1 aliphatic rings. The average molecular weight is 228 g/mol. The highest BCUT2D eigenvalue weighted by molar-refractivity contribution is 5.15. The van der Waals surface area contributed by atoms with Crippen molar-refractivity contribution in [3.05, 3.63) is 35.9 Å². The molecule has 0 radical (unpaired) electrons. The van der Waals surface area contributed by atoms with Gasteiger partial charge in [-0.25, -0.2) is 0 Å². The lowest BCUT2D eigenvalue weighted by Crippen LogP contribution is -2.39. The molecular formula is C15H20N2. The molecule has 90 valence electrons. The molecule has 17 heavy (non-hydrogen) atoms. The van der Waals surface area contributed by atoms with E-state index in [-0.39, 0.29) is 6.04 Å². The Morgan fingerprint density at radius 3 is 2.53 bits per heavy atom. The summed E-state index contributed by atoms with van der Waals surface area (Å²) >= 11 is 0. The highest BCUT2D eigenvalue weighted by Gasteiger charge is 2.22. The second-order valence-electron chi connectivity index (χ2n) is 4.97. The highest BCUT2D eigenvalue weighted by atomic mass is 15.2. The van der Waals surface area contributed by atoms with Gasteiger partial charge in [-0.1, -0.05) is 30.3 Å². The smallest absolute Gasteiger partial charge is 0.0949 e. The second-order valence-corrected chi connectivity index (χ2v) is 4.97. The van der Waals surface area contributed by atoms with Crippen LogP contribution in [0, 0.1) is 17.2 Å². The van der Waals surface area contributed by atoms with Gasteiger partial charge in [-0.15, -0.1) is 0 Å². The molecule has 2 nitrogen and oxygen atoms in total. The summed E-state index contributed by atoms with van der Waals surface area (Å²) in [7, 11) is 0. The number of rotatable bonds is 3. The van der Waals surface area contributed by atoms with Gasteiger partial charge in [0.2, 0.25) is 0 Å². The molecule has 0 bridgehead atoms. The Morgan fingerprint density at radius 1 is 1.29 bits per heavy atom. The lowest BCUT2D eigenvalue weighted by atomic mass is 9.90. The van der Waals surface area contributed by atoms with Crippen LogP contribution in [0.15, 0.2) is 30.3 Å². The Kier molecular flexibility index (Phi) is 4.17. The summed E-state index contributed by atoms with van der Waals surface area (Å²) < 4.78 is 0. The first-order chi connectivity index (χ1) is 8.29. The van der Waals surface area contributed by atoms with Crippen LogP contribution in [0.5, 0.6) is 0 Å². The van der Waals surface area contributed by atoms with Crippen LogP contribution in [-0.2, 0) is 6.42 Å². The predicted octanol–water partition coefficient (Wildman–Crippen LogP) is 2.85. The van der Waals surface area contributed by atoms with Gasteiger partial charge >= 0.3 is 0 Å². The Bertz CT molecular complexity index is 372. The van der Waals surface area contributed by atoms with Crippen molar-refractivity contribution in [2.75, 3.05) is 13.1 Å². The average Bonchev–Trinajstić information content (AvgIpc) is 2.40. The van der Waals surface area contributed by atoms with Gasteiger partial charge in [0.1, 0.15) is 0 Å². The lowest BCUT2D eigenvalue weighted by molar-refractivity contribution is 0.165. The normalized spacial score (nSPS) is 19.8. The molecule has 0 saturated carbocycles. The monoisotopic (exact) mass is 228 g/mol. The van der Waals surface area contributed by atoms with E-state index in [1.807, 2.05) is 6.92 Å². The topological polar surface area (TPSA) is 27.0 Å². The molecule has 1 aromatic carbocycles. The molecule has 1 saturated heterocycles. The summed E-state index contributed by atoms with van der Waals surface area (Å²) in [6, 6.07) is 13.1. The Hall–Kier alpha value is -1.33. The van der Waals surface area contributed by atoms with E-state index in [0.717, 1.165) is 19.0 Å². The molecule has 0 N–H and O–H groups in total. The summed E-state index contributed by atoms with van der Waals surface area (Å²) in [5.74, 6) is 0.791. The maximum Gasteiger partial charge on any atom is 0.0949 e. The van der Waals surface area contributed by atoms with E-state index in [4.69, 9.17) is 5.26 Å². The van der Waals surface area contributed by atoms with E-state index in [0.29, 0.717) is 0 Å². The van der Waals surface area contributed by atoms with Crippen LogP contribution in [0.25, 0.3) is 0 Å². The Balaban J connectivity index is 1.82. The quantitative estimate of drug-likeness (QED) is 0.795. The molecule has 1 unspecified atom stereocenters. The summed E-state index contributed by atoms with van der Waals surface area (Å²) in [6.07, 6.45) is 3.64. The van der Waals surface area contributed by atoms with Crippen molar-refractivity contribution in [2.45, 2.75) is 32.2 Å². The summed E-state index contributed by atoms with van der Waals surface area (Å²) in [5.41, 5.74) is 1.44. The third-order valence-electron chi connectivity index (χ3n) is 3.75. The summed E-state index contributed by atoms with van der Waals surface area (Å²) in [5, 5.41) is 8.90. The van der Waals surface area contributed by atoms with Crippen molar-refractivity contribution in [3.8, 4) is 6.07 Å². The van der Waals surface area contributed by atoms with E-state index in [1.54, 1.807) is 0 Å². The van der Waals surface area contributed by atoms with Gasteiger partial charge in [-0.05, 0) is 50.8 Å². The summed E-state index contributed by atoms with van der Waals surface area (Å²) in [4.78, 5) is 2.29. The number of hydrogen-bond acceptors (Lipinski definition) is 2. The van der Waals surface area contributed by atoms with Crippen LogP contribution in [0.2, 0.25) is 0 Å². The van der Waals surface area contributed by atoms with E-state index >= 15 is 0 Å². The standard InChI is InChI=1S/C15H20N2/c1-13(12-16)17-9-7-15(8-10-17)11-14-5-3-2-4-6-14/h2-6,13,15H,7-11H2,1H3. The molecule has 1 aliphatic heterocycles. The third kappa shape index (κ3) is 3.31. The summed E-state index contributed by atoms with van der Waals surface area (Å²) in [6.45, 7) is 4.15. The number of nitriles is 1. The van der Waals surface area contributed by atoms with Crippen LogP contribution < -0.4 is 0 Å². The fraction of sp³-hybridized carbons (Fsp3) is 0.533. The first-order valence-corrected chi connectivity index (χ1v) is 6.47. The van der Waals surface area contributed by atoms with Gasteiger partial charge in [0.25, 0.3) is 0 Å². The van der Waals surface area contributed by atoms with E-state index < -0.39 is 0 Å². The molecule has 1 atom stereocenters. The van der Waals surface area contributed by atoms with Gasteiger partial charge in [-0.3, -0.25) is 4.90 Å². The zero-order valence-electron chi connectivity index (χ0n) is 10.5. The molecule has 0 amide bonds. The Morgan fingerprint density at radius 2 is 1.94 bits per heavy atom. The van der Waals surface area contributed by atoms with Crippen molar-refractivity contribution in [1.29, 1.82) is 5.26 Å². The van der Waals surface area contributed by atoms with E-state index in [2.05, 4.69) is 41.3 Å². The van der Waals surface area contributed by atoms with Gasteiger partial charge in [0, 0.05) is 0 Å². The first kappa shape index (κ1) is 12.1. The molecule has 1 heterocycles. The van der Waals surface area contributed by atoms with Gasteiger partial charge < -0.3 is 0 Å². The minimum absolute atomic E-state index is 0.0766. The zero-order chi connectivity index (χ0) is 12.1. The molecular weight excluding hydrogens is 208 g/mol. The maximum atomic E-state index is 8.90. The first-order valence-electron chi connectivity index (χ1n) is 6.47. The molecule has 0 aliphatic carbocycles. The van der Waals surface area contributed by atoms with Gasteiger partial charge in [0.05, 0.1) is 12.1 Å². The van der Waals surface area contributed by atoms with Crippen LogP contribution in [0.1, 0.15) is 25.3 Å². The van der Waals surface area contributed by atoms with Crippen LogP contribution >= 0.6 is 0 Å². The van der Waals surface area contributed by atoms with Crippen molar-refractivity contribution < 1.29 is 0 Å². The van der Waals surface area contributed by atoms with E-state index in [1.165, 1.54) is 24.8 Å². The minimum atomic E-state index is 0.0766. The van der Waals surface area contributed by atoms with Crippen LogP contribution in [0.4, 0.5) is 0 Å². The van der Waals surface area contributed by atoms with Gasteiger partial charge in [0.15, 0.2) is 0 Å². The Labute approximate surface area is 104 Å². The minimum Gasteiger partial charge on any atom is -0.288 e. The van der Waals surface area contributed by atoms with Crippen molar-refractivity contribution in [3.63, 3.8) is 0 Å². The molecule has 1 fully saturated rings. The fourth-order valence-electron chi connectivity index (χ4n) is 2.57. The SMILES string of the molecule is CC(C#N)N1CCC(Cc2ccccc2)CC1. The van der Waals surface area contributed by atoms with Crippen molar-refractivity contribution in [1.82, 2.24) is 4.90 Å².